The molecule has 0 atom stereocenters. The number of rotatable bonds is 4. The maximum atomic E-state index is 3.61. The van der Waals surface area contributed by atoms with E-state index in [0.717, 1.165) is 12.5 Å². The molecule has 1 N–H and O–H groups in total. The van der Waals surface area contributed by atoms with E-state index in [1.165, 1.54) is 42.9 Å². The number of hydrogen-bond acceptors (Lipinski definition) is 3. The molecule has 2 heterocycles. The van der Waals surface area contributed by atoms with E-state index in [1.807, 2.05) is 11.3 Å². The van der Waals surface area contributed by atoms with Crippen LogP contribution in [0.15, 0.2) is 11.4 Å². The molecule has 0 aliphatic carbocycles. The van der Waals surface area contributed by atoms with Crippen LogP contribution in [-0.2, 0) is 6.54 Å². The van der Waals surface area contributed by atoms with E-state index in [9.17, 15) is 0 Å². The van der Waals surface area contributed by atoms with Crippen LogP contribution in [0.25, 0.3) is 0 Å². The predicted molar refractivity (Wildman–Crippen MR) is 71.0 cm³/mol. The third kappa shape index (κ3) is 3.30. The van der Waals surface area contributed by atoms with Crippen molar-refractivity contribution in [1.82, 2.24) is 10.2 Å². The second-order valence-corrected chi connectivity index (χ2v) is 5.91. The highest BCUT2D eigenvalue weighted by Crippen LogP contribution is 2.17. The van der Waals surface area contributed by atoms with Gasteiger partial charge in [0.1, 0.15) is 0 Å². The molecule has 2 rings (SSSR count). The standard InChI is InChI=1S/C13H22N2S/c1-11-5-8-16-13(11)10-14-9-12-3-6-15(2)7-4-12/h5,8,12,14H,3-4,6-7,9-10H2,1-2H3. The Morgan fingerprint density at radius 3 is 2.81 bits per heavy atom. The van der Waals surface area contributed by atoms with Gasteiger partial charge in [0.05, 0.1) is 0 Å². The summed E-state index contributed by atoms with van der Waals surface area (Å²) in [5.74, 6) is 0.886. The summed E-state index contributed by atoms with van der Waals surface area (Å²) in [6, 6.07) is 2.21. The van der Waals surface area contributed by atoms with Crippen LogP contribution in [0.3, 0.4) is 0 Å². The maximum absolute atomic E-state index is 3.61. The molecule has 0 amide bonds. The van der Waals surface area contributed by atoms with E-state index < -0.39 is 0 Å². The van der Waals surface area contributed by atoms with Crippen LogP contribution < -0.4 is 5.32 Å². The lowest BCUT2D eigenvalue weighted by atomic mass is 9.97. The molecular formula is C13H22N2S. The van der Waals surface area contributed by atoms with Gasteiger partial charge in [0.2, 0.25) is 0 Å². The summed E-state index contributed by atoms with van der Waals surface area (Å²) < 4.78 is 0. The Morgan fingerprint density at radius 2 is 2.19 bits per heavy atom. The fourth-order valence-corrected chi connectivity index (χ4v) is 3.12. The van der Waals surface area contributed by atoms with Crippen molar-refractivity contribution in [3.05, 3.63) is 21.9 Å². The third-order valence-electron chi connectivity index (χ3n) is 3.52. The highest BCUT2D eigenvalue weighted by atomic mass is 32.1. The highest BCUT2D eigenvalue weighted by molar-refractivity contribution is 7.10. The van der Waals surface area contributed by atoms with Gasteiger partial charge in [0, 0.05) is 11.4 Å². The van der Waals surface area contributed by atoms with E-state index in [2.05, 4.69) is 35.6 Å². The Kier molecular flexibility index (Phi) is 4.38. The summed E-state index contributed by atoms with van der Waals surface area (Å²) in [5, 5.41) is 5.79. The molecule has 2 nitrogen and oxygen atoms in total. The van der Waals surface area contributed by atoms with Crippen molar-refractivity contribution in [3.8, 4) is 0 Å². The van der Waals surface area contributed by atoms with Gasteiger partial charge in [-0.15, -0.1) is 11.3 Å². The largest absolute Gasteiger partial charge is 0.312 e. The number of nitrogens with zero attached hydrogens (tertiary/aromatic N) is 1. The average Bonchev–Trinajstić information content (AvgIpc) is 2.68. The summed E-state index contributed by atoms with van der Waals surface area (Å²) in [5.41, 5.74) is 1.43. The Bertz CT molecular complexity index is 313. The Labute approximate surface area is 103 Å². The van der Waals surface area contributed by atoms with Crippen LogP contribution in [0, 0.1) is 12.8 Å². The summed E-state index contributed by atoms with van der Waals surface area (Å²) >= 11 is 1.87. The van der Waals surface area contributed by atoms with Gasteiger partial charge in [0.15, 0.2) is 0 Å². The van der Waals surface area contributed by atoms with Crippen LogP contribution in [0.1, 0.15) is 23.3 Å². The average molecular weight is 238 g/mol. The van der Waals surface area contributed by atoms with Gasteiger partial charge in [-0.25, -0.2) is 0 Å². The Hall–Kier alpha value is -0.380. The first-order chi connectivity index (χ1) is 7.75. The second kappa shape index (κ2) is 5.80. The van der Waals surface area contributed by atoms with Crippen LogP contribution in [0.2, 0.25) is 0 Å². The fraction of sp³-hybridized carbons (Fsp3) is 0.692. The zero-order valence-corrected chi connectivity index (χ0v) is 11.1. The highest BCUT2D eigenvalue weighted by Gasteiger charge is 2.15. The van der Waals surface area contributed by atoms with Gasteiger partial charge in [-0.2, -0.15) is 0 Å². The minimum atomic E-state index is 0.886. The van der Waals surface area contributed by atoms with E-state index >= 15 is 0 Å². The molecule has 1 aromatic heterocycles. The molecule has 90 valence electrons. The van der Waals surface area contributed by atoms with Crippen molar-refractivity contribution in [1.29, 1.82) is 0 Å². The number of nitrogens with one attached hydrogen (secondary N) is 1. The molecule has 0 spiro atoms. The van der Waals surface area contributed by atoms with Gasteiger partial charge < -0.3 is 10.2 Å². The molecule has 1 aliphatic heterocycles. The van der Waals surface area contributed by atoms with Crippen molar-refractivity contribution >= 4 is 11.3 Å². The molecule has 16 heavy (non-hydrogen) atoms. The monoisotopic (exact) mass is 238 g/mol. The lowest BCUT2D eigenvalue weighted by molar-refractivity contribution is 0.216. The summed E-state index contributed by atoms with van der Waals surface area (Å²) in [6.45, 7) is 6.97. The maximum Gasteiger partial charge on any atom is 0.0302 e. The summed E-state index contributed by atoms with van der Waals surface area (Å²) in [6.07, 6.45) is 2.71. The van der Waals surface area contributed by atoms with Gasteiger partial charge in [-0.05, 0) is 69.4 Å². The molecule has 0 saturated carbocycles. The first-order valence-electron chi connectivity index (χ1n) is 6.18. The molecule has 3 heteroatoms. The predicted octanol–water partition coefficient (Wildman–Crippen LogP) is 2.49. The molecule has 0 radical (unpaired) electrons. The smallest absolute Gasteiger partial charge is 0.0302 e. The lowest BCUT2D eigenvalue weighted by Crippen LogP contribution is -2.34. The van der Waals surface area contributed by atoms with Crippen molar-refractivity contribution in [3.63, 3.8) is 0 Å². The van der Waals surface area contributed by atoms with Crippen molar-refractivity contribution < 1.29 is 0 Å². The Balaban J connectivity index is 1.67. The number of aryl methyl sites for hydroxylation is 1. The minimum Gasteiger partial charge on any atom is -0.312 e. The van der Waals surface area contributed by atoms with Crippen LogP contribution >= 0.6 is 11.3 Å². The van der Waals surface area contributed by atoms with Crippen molar-refractivity contribution in [2.24, 2.45) is 5.92 Å². The second-order valence-electron chi connectivity index (χ2n) is 4.90. The van der Waals surface area contributed by atoms with Crippen LogP contribution in [0.5, 0.6) is 0 Å². The van der Waals surface area contributed by atoms with Gasteiger partial charge in [0.25, 0.3) is 0 Å². The minimum absolute atomic E-state index is 0.886. The van der Waals surface area contributed by atoms with E-state index in [1.54, 1.807) is 0 Å². The zero-order valence-electron chi connectivity index (χ0n) is 10.3. The van der Waals surface area contributed by atoms with E-state index in [4.69, 9.17) is 0 Å². The molecule has 0 bridgehead atoms. The number of hydrogen-bond donors (Lipinski definition) is 1. The van der Waals surface area contributed by atoms with Gasteiger partial charge in [-0.3, -0.25) is 0 Å². The third-order valence-corrected chi connectivity index (χ3v) is 4.55. The quantitative estimate of drug-likeness (QED) is 0.867. The number of piperidine rings is 1. The first kappa shape index (κ1) is 12.1. The SMILES string of the molecule is Cc1ccsc1CNCC1CCN(C)CC1. The van der Waals surface area contributed by atoms with Crippen LogP contribution in [0.4, 0.5) is 0 Å². The Morgan fingerprint density at radius 1 is 1.44 bits per heavy atom. The lowest BCUT2D eigenvalue weighted by Gasteiger charge is -2.29. The zero-order chi connectivity index (χ0) is 11.4. The summed E-state index contributed by atoms with van der Waals surface area (Å²) in [4.78, 5) is 3.92. The molecule has 1 aromatic rings. The number of thiophene rings is 1. The topological polar surface area (TPSA) is 15.3 Å². The van der Waals surface area contributed by atoms with Crippen LogP contribution in [-0.4, -0.2) is 31.6 Å². The first-order valence-corrected chi connectivity index (χ1v) is 7.06. The summed E-state index contributed by atoms with van der Waals surface area (Å²) in [7, 11) is 2.22. The number of likely N-dealkylation sites (tertiary alicyclic amines) is 1. The van der Waals surface area contributed by atoms with Gasteiger partial charge >= 0.3 is 0 Å². The van der Waals surface area contributed by atoms with E-state index in [0.29, 0.717) is 0 Å². The molecule has 1 fully saturated rings. The van der Waals surface area contributed by atoms with Crippen molar-refractivity contribution in [2.75, 3.05) is 26.7 Å². The van der Waals surface area contributed by atoms with Crippen molar-refractivity contribution in [2.45, 2.75) is 26.3 Å². The molecule has 0 aromatic carbocycles. The molecule has 0 unspecified atom stereocenters. The van der Waals surface area contributed by atoms with Gasteiger partial charge in [-0.1, -0.05) is 0 Å². The fourth-order valence-electron chi connectivity index (χ4n) is 2.24. The normalized spacial score (nSPS) is 19.1. The molecular weight excluding hydrogens is 216 g/mol. The van der Waals surface area contributed by atoms with E-state index in [-0.39, 0.29) is 0 Å². The molecule has 1 saturated heterocycles. The molecule has 1 aliphatic rings.